The SMILES string of the molecule is CCN=C(NC1CCC1)N1CCS(=O)(=O)C(C)(C)C1. The lowest BCUT2D eigenvalue weighted by atomic mass is 9.93. The molecule has 0 aromatic rings. The molecule has 19 heavy (non-hydrogen) atoms. The summed E-state index contributed by atoms with van der Waals surface area (Å²) in [6.07, 6.45) is 3.66. The largest absolute Gasteiger partial charge is 0.354 e. The molecule has 1 heterocycles. The van der Waals surface area contributed by atoms with Crippen LogP contribution in [0.4, 0.5) is 0 Å². The Balaban J connectivity index is 2.08. The van der Waals surface area contributed by atoms with Crippen LogP contribution in [0, 0.1) is 0 Å². The van der Waals surface area contributed by atoms with Crippen LogP contribution in [0.5, 0.6) is 0 Å². The van der Waals surface area contributed by atoms with Crippen LogP contribution < -0.4 is 5.32 Å². The molecule has 2 aliphatic rings. The standard InChI is InChI=1S/C13H25N3O2S/c1-4-14-12(15-11-6-5-7-11)16-8-9-19(17,18)13(2,3)10-16/h11H,4-10H2,1-3H3,(H,14,15). The summed E-state index contributed by atoms with van der Waals surface area (Å²) in [5.74, 6) is 1.10. The van der Waals surface area contributed by atoms with Crippen LogP contribution in [0.25, 0.3) is 0 Å². The van der Waals surface area contributed by atoms with Crippen molar-refractivity contribution in [2.45, 2.75) is 50.8 Å². The van der Waals surface area contributed by atoms with E-state index in [2.05, 4.69) is 15.2 Å². The number of aliphatic imine (C=N–C) groups is 1. The van der Waals surface area contributed by atoms with E-state index >= 15 is 0 Å². The van der Waals surface area contributed by atoms with Crippen molar-refractivity contribution < 1.29 is 8.42 Å². The smallest absolute Gasteiger partial charge is 0.194 e. The molecular weight excluding hydrogens is 262 g/mol. The second kappa shape index (κ2) is 5.31. The molecule has 0 unspecified atom stereocenters. The number of nitrogens with zero attached hydrogens (tertiary/aromatic N) is 2. The van der Waals surface area contributed by atoms with Gasteiger partial charge in [-0.25, -0.2) is 8.42 Å². The lowest BCUT2D eigenvalue weighted by Gasteiger charge is -2.41. The van der Waals surface area contributed by atoms with Crippen LogP contribution >= 0.6 is 0 Å². The first-order valence-corrected chi connectivity index (χ1v) is 8.79. The Morgan fingerprint density at radius 3 is 2.58 bits per heavy atom. The molecule has 0 spiro atoms. The fourth-order valence-electron chi connectivity index (χ4n) is 2.45. The number of rotatable bonds is 2. The highest BCUT2D eigenvalue weighted by molar-refractivity contribution is 7.92. The lowest BCUT2D eigenvalue weighted by molar-refractivity contribution is 0.323. The van der Waals surface area contributed by atoms with E-state index in [0.717, 1.165) is 12.5 Å². The molecule has 1 saturated carbocycles. The predicted octanol–water partition coefficient (Wildman–Crippen LogP) is 1.01. The molecule has 6 heteroatoms. The van der Waals surface area contributed by atoms with E-state index in [-0.39, 0.29) is 5.75 Å². The summed E-state index contributed by atoms with van der Waals surface area (Å²) in [5, 5.41) is 3.47. The van der Waals surface area contributed by atoms with Crippen molar-refractivity contribution >= 4 is 15.8 Å². The zero-order valence-electron chi connectivity index (χ0n) is 12.1. The molecule has 2 fully saturated rings. The van der Waals surface area contributed by atoms with E-state index in [4.69, 9.17) is 0 Å². The van der Waals surface area contributed by atoms with Gasteiger partial charge in [-0.2, -0.15) is 0 Å². The van der Waals surface area contributed by atoms with Crippen molar-refractivity contribution in [2.24, 2.45) is 4.99 Å². The highest BCUT2D eigenvalue weighted by Crippen LogP contribution is 2.24. The summed E-state index contributed by atoms with van der Waals surface area (Å²) in [7, 11) is -2.99. The van der Waals surface area contributed by atoms with Crippen molar-refractivity contribution in [3.05, 3.63) is 0 Å². The molecule has 0 aromatic carbocycles. The fourth-order valence-corrected chi connectivity index (χ4v) is 3.81. The predicted molar refractivity (Wildman–Crippen MR) is 78.2 cm³/mol. The summed E-state index contributed by atoms with van der Waals surface area (Å²) in [5.41, 5.74) is 0. The molecular formula is C13H25N3O2S. The molecule has 1 aliphatic carbocycles. The summed E-state index contributed by atoms with van der Waals surface area (Å²) in [6, 6.07) is 0.520. The van der Waals surface area contributed by atoms with E-state index in [1.807, 2.05) is 6.92 Å². The third kappa shape index (κ3) is 3.04. The molecule has 1 N–H and O–H groups in total. The molecule has 0 radical (unpaired) electrons. The molecule has 2 rings (SSSR count). The summed E-state index contributed by atoms with van der Waals surface area (Å²) in [6.45, 7) is 7.41. The zero-order chi connectivity index (χ0) is 14.1. The Bertz CT molecular complexity index is 453. The van der Waals surface area contributed by atoms with Gasteiger partial charge in [-0.3, -0.25) is 4.99 Å². The molecule has 0 aromatic heterocycles. The Hall–Kier alpha value is -0.780. The van der Waals surface area contributed by atoms with Crippen molar-refractivity contribution in [2.75, 3.05) is 25.4 Å². The highest BCUT2D eigenvalue weighted by atomic mass is 32.2. The maximum Gasteiger partial charge on any atom is 0.194 e. The third-order valence-corrected chi connectivity index (χ3v) is 6.62. The van der Waals surface area contributed by atoms with Crippen molar-refractivity contribution in [1.82, 2.24) is 10.2 Å². The lowest BCUT2D eigenvalue weighted by Crippen LogP contribution is -2.59. The van der Waals surface area contributed by atoms with Crippen LogP contribution in [0.2, 0.25) is 0 Å². The monoisotopic (exact) mass is 287 g/mol. The minimum absolute atomic E-state index is 0.217. The first-order chi connectivity index (χ1) is 8.86. The fraction of sp³-hybridized carbons (Fsp3) is 0.923. The minimum Gasteiger partial charge on any atom is -0.354 e. The van der Waals surface area contributed by atoms with Gasteiger partial charge >= 0.3 is 0 Å². The van der Waals surface area contributed by atoms with Gasteiger partial charge in [-0.1, -0.05) is 0 Å². The van der Waals surface area contributed by atoms with Gasteiger partial charge in [0.2, 0.25) is 0 Å². The summed E-state index contributed by atoms with van der Waals surface area (Å²) < 4.78 is 23.4. The van der Waals surface area contributed by atoms with E-state index in [9.17, 15) is 8.42 Å². The number of hydrogen-bond donors (Lipinski definition) is 1. The Kier molecular flexibility index (Phi) is 4.08. The molecule has 1 aliphatic heterocycles. The van der Waals surface area contributed by atoms with E-state index in [0.29, 0.717) is 19.1 Å². The first kappa shape index (κ1) is 14.6. The third-order valence-electron chi connectivity index (χ3n) is 4.09. The maximum atomic E-state index is 12.0. The average molecular weight is 287 g/mol. The topological polar surface area (TPSA) is 61.8 Å². The molecule has 0 bridgehead atoms. The van der Waals surface area contributed by atoms with Crippen molar-refractivity contribution in [3.63, 3.8) is 0 Å². The normalized spacial score (nSPS) is 26.9. The maximum absolute atomic E-state index is 12.0. The van der Waals surface area contributed by atoms with Gasteiger partial charge in [0.25, 0.3) is 0 Å². The van der Waals surface area contributed by atoms with Crippen LogP contribution in [0.1, 0.15) is 40.0 Å². The molecule has 1 saturated heterocycles. The Morgan fingerprint density at radius 2 is 2.11 bits per heavy atom. The average Bonchev–Trinajstić information content (AvgIpc) is 2.26. The number of sulfone groups is 1. The van der Waals surface area contributed by atoms with Gasteiger partial charge in [0.05, 0.1) is 10.5 Å². The second-order valence-corrected chi connectivity index (χ2v) is 8.81. The minimum atomic E-state index is -2.99. The number of nitrogens with one attached hydrogen (secondary N) is 1. The van der Waals surface area contributed by atoms with Crippen LogP contribution in [-0.2, 0) is 9.84 Å². The first-order valence-electron chi connectivity index (χ1n) is 7.14. The number of hydrogen-bond acceptors (Lipinski definition) is 3. The zero-order valence-corrected chi connectivity index (χ0v) is 13.0. The molecule has 5 nitrogen and oxygen atoms in total. The Morgan fingerprint density at radius 1 is 1.42 bits per heavy atom. The summed E-state index contributed by atoms with van der Waals surface area (Å²) in [4.78, 5) is 6.62. The molecule has 0 amide bonds. The second-order valence-electron chi connectivity index (χ2n) is 6.07. The van der Waals surface area contributed by atoms with Crippen molar-refractivity contribution in [1.29, 1.82) is 0 Å². The van der Waals surface area contributed by atoms with Crippen molar-refractivity contribution in [3.8, 4) is 0 Å². The van der Waals surface area contributed by atoms with E-state index in [1.54, 1.807) is 13.8 Å². The van der Waals surface area contributed by atoms with Crippen LogP contribution in [0.15, 0.2) is 4.99 Å². The van der Waals surface area contributed by atoms with E-state index in [1.165, 1.54) is 19.3 Å². The van der Waals surface area contributed by atoms with E-state index < -0.39 is 14.6 Å². The number of guanidine groups is 1. The van der Waals surface area contributed by atoms with Gasteiger partial charge in [-0.15, -0.1) is 0 Å². The highest BCUT2D eigenvalue weighted by Gasteiger charge is 2.41. The molecule has 110 valence electrons. The van der Waals surface area contributed by atoms with Gasteiger partial charge in [0.15, 0.2) is 15.8 Å². The summed E-state index contributed by atoms with van der Waals surface area (Å²) >= 11 is 0. The van der Waals surface area contributed by atoms with Gasteiger partial charge < -0.3 is 10.2 Å². The van der Waals surface area contributed by atoms with Gasteiger partial charge in [-0.05, 0) is 40.0 Å². The van der Waals surface area contributed by atoms with Crippen LogP contribution in [-0.4, -0.2) is 55.5 Å². The quantitative estimate of drug-likeness (QED) is 0.608. The Labute approximate surface area is 116 Å². The van der Waals surface area contributed by atoms with Crippen LogP contribution in [0.3, 0.4) is 0 Å². The van der Waals surface area contributed by atoms with Gasteiger partial charge in [0.1, 0.15) is 0 Å². The van der Waals surface area contributed by atoms with Gasteiger partial charge in [0, 0.05) is 25.7 Å². The molecule has 0 atom stereocenters.